The number of hydrogen-bond donors (Lipinski definition) is 1. The highest BCUT2D eigenvalue weighted by Gasteiger charge is 2.20. The first-order valence-corrected chi connectivity index (χ1v) is 5.03. The second kappa shape index (κ2) is 4.24. The fraction of sp³-hybridized carbons (Fsp3) is 0. The third-order valence-corrected chi connectivity index (χ3v) is 2.32. The van der Waals surface area contributed by atoms with Crippen LogP contribution in [0, 0.1) is 20.2 Å². The number of pyridine rings is 1. The third kappa shape index (κ3) is 2.12. The first kappa shape index (κ1) is 10.7. The molecular formula is C5H3N3O4S2. The second-order valence-corrected chi connectivity index (χ2v) is 3.24. The number of rotatable bonds is 3. The molecule has 7 nitrogen and oxygen atoms in total. The SMILES string of the molecule is O=[N+]([O-])c1cnc(SS)c([N+](=O)[O-])c1. The van der Waals surface area contributed by atoms with Gasteiger partial charge >= 0.3 is 5.69 Å². The average molecular weight is 233 g/mol. The van der Waals surface area contributed by atoms with Crippen molar-refractivity contribution in [1.82, 2.24) is 4.98 Å². The minimum Gasteiger partial charge on any atom is -0.258 e. The summed E-state index contributed by atoms with van der Waals surface area (Å²) in [6.45, 7) is 0. The maximum Gasteiger partial charge on any atom is 0.309 e. The summed E-state index contributed by atoms with van der Waals surface area (Å²) < 4.78 is 0. The Hall–Kier alpha value is -1.35. The molecule has 74 valence electrons. The first-order valence-electron chi connectivity index (χ1n) is 3.16. The van der Waals surface area contributed by atoms with Gasteiger partial charge in [-0.2, -0.15) is 0 Å². The molecule has 0 atom stereocenters. The van der Waals surface area contributed by atoms with Crippen molar-refractivity contribution in [2.45, 2.75) is 5.03 Å². The summed E-state index contributed by atoms with van der Waals surface area (Å²) in [6, 6.07) is 0.853. The molecule has 1 aromatic rings. The van der Waals surface area contributed by atoms with Gasteiger partial charge in [0.1, 0.15) is 6.20 Å². The Bertz CT molecular complexity index is 397. The van der Waals surface area contributed by atoms with E-state index in [0.29, 0.717) is 0 Å². The van der Waals surface area contributed by atoms with E-state index in [4.69, 9.17) is 0 Å². The summed E-state index contributed by atoms with van der Waals surface area (Å²) in [4.78, 5) is 22.8. The Balaban J connectivity index is 3.27. The number of hydrogen-bond acceptors (Lipinski definition) is 7. The van der Waals surface area contributed by atoms with Gasteiger partial charge in [0.05, 0.1) is 15.9 Å². The van der Waals surface area contributed by atoms with Crippen molar-refractivity contribution >= 4 is 33.8 Å². The van der Waals surface area contributed by atoms with Crippen molar-refractivity contribution in [3.05, 3.63) is 32.5 Å². The van der Waals surface area contributed by atoms with Crippen LogP contribution in [0.4, 0.5) is 11.4 Å². The summed E-state index contributed by atoms with van der Waals surface area (Å²) >= 11 is 3.74. The van der Waals surface area contributed by atoms with Crippen molar-refractivity contribution in [3.63, 3.8) is 0 Å². The lowest BCUT2D eigenvalue weighted by atomic mass is 10.4. The average Bonchev–Trinajstić information content (AvgIpc) is 2.16. The molecule has 1 heterocycles. The summed E-state index contributed by atoms with van der Waals surface area (Å²) in [5.41, 5.74) is -0.831. The minimum absolute atomic E-state index is 0.0314. The molecule has 1 aromatic heterocycles. The zero-order chi connectivity index (χ0) is 10.7. The lowest BCUT2D eigenvalue weighted by Gasteiger charge is -1.96. The van der Waals surface area contributed by atoms with Gasteiger partial charge in [0, 0.05) is 0 Å². The van der Waals surface area contributed by atoms with Crippen molar-refractivity contribution in [3.8, 4) is 0 Å². The zero-order valence-corrected chi connectivity index (χ0v) is 8.20. The van der Waals surface area contributed by atoms with Crippen LogP contribution in [0.2, 0.25) is 0 Å². The van der Waals surface area contributed by atoms with Gasteiger partial charge in [0.15, 0.2) is 5.03 Å². The molecule has 0 amide bonds. The standard InChI is InChI=1S/C5H3N3O4S2/c9-7(10)3-1-4(8(11)12)5(14-13)6-2-3/h1-2,13H. The molecule has 0 aliphatic heterocycles. The number of nitrogens with zero attached hydrogens (tertiary/aromatic N) is 3. The monoisotopic (exact) mass is 233 g/mol. The largest absolute Gasteiger partial charge is 0.309 e. The molecule has 0 unspecified atom stereocenters. The number of nitro groups is 2. The molecule has 0 saturated heterocycles. The van der Waals surface area contributed by atoms with Crippen LogP contribution in [-0.2, 0) is 0 Å². The Kier molecular flexibility index (Phi) is 3.25. The van der Waals surface area contributed by atoms with E-state index >= 15 is 0 Å². The fourth-order valence-corrected chi connectivity index (χ4v) is 1.48. The van der Waals surface area contributed by atoms with Crippen LogP contribution in [0.3, 0.4) is 0 Å². The van der Waals surface area contributed by atoms with E-state index in [1.165, 1.54) is 0 Å². The predicted molar refractivity (Wildman–Crippen MR) is 52.4 cm³/mol. The van der Waals surface area contributed by atoms with Crippen LogP contribution in [0.25, 0.3) is 0 Å². The van der Waals surface area contributed by atoms with Gasteiger partial charge in [-0.25, -0.2) is 4.98 Å². The molecular weight excluding hydrogens is 230 g/mol. The molecule has 0 saturated carbocycles. The van der Waals surface area contributed by atoms with E-state index in [9.17, 15) is 20.2 Å². The van der Waals surface area contributed by atoms with Crippen LogP contribution in [0.5, 0.6) is 0 Å². The van der Waals surface area contributed by atoms with E-state index in [1.54, 1.807) is 0 Å². The van der Waals surface area contributed by atoms with E-state index in [1.807, 2.05) is 0 Å². The summed E-state index contributed by atoms with van der Waals surface area (Å²) in [5.74, 6) is 0. The van der Waals surface area contributed by atoms with Crippen LogP contribution in [0.1, 0.15) is 0 Å². The maximum atomic E-state index is 10.5. The minimum atomic E-state index is -0.743. The lowest BCUT2D eigenvalue weighted by Crippen LogP contribution is -1.96. The highest BCUT2D eigenvalue weighted by atomic mass is 33.1. The Morgan fingerprint density at radius 3 is 2.43 bits per heavy atom. The number of thiol groups is 1. The van der Waals surface area contributed by atoms with Crippen LogP contribution < -0.4 is 0 Å². The molecule has 0 bridgehead atoms. The van der Waals surface area contributed by atoms with Gasteiger partial charge < -0.3 is 0 Å². The quantitative estimate of drug-likeness (QED) is 0.370. The van der Waals surface area contributed by atoms with Crippen LogP contribution in [0.15, 0.2) is 17.3 Å². The topological polar surface area (TPSA) is 99.2 Å². The third-order valence-electron chi connectivity index (χ3n) is 1.31. The zero-order valence-electron chi connectivity index (χ0n) is 6.48. The van der Waals surface area contributed by atoms with Gasteiger partial charge in [-0.1, -0.05) is 0 Å². The van der Waals surface area contributed by atoms with Crippen molar-refractivity contribution in [1.29, 1.82) is 0 Å². The van der Waals surface area contributed by atoms with Gasteiger partial charge in [0.25, 0.3) is 5.69 Å². The van der Waals surface area contributed by atoms with Crippen molar-refractivity contribution in [2.75, 3.05) is 0 Å². The highest BCUT2D eigenvalue weighted by molar-refractivity contribution is 8.68. The fourth-order valence-electron chi connectivity index (χ4n) is 0.731. The van der Waals surface area contributed by atoms with Crippen LogP contribution in [-0.4, -0.2) is 14.8 Å². The van der Waals surface area contributed by atoms with Gasteiger partial charge in [0.2, 0.25) is 0 Å². The van der Waals surface area contributed by atoms with Gasteiger partial charge in [-0.05, 0) is 10.8 Å². The van der Waals surface area contributed by atoms with E-state index < -0.39 is 21.2 Å². The summed E-state index contributed by atoms with van der Waals surface area (Å²) in [5, 5.41) is 20.8. The normalized spacial score (nSPS) is 9.79. The highest BCUT2D eigenvalue weighted by Crippen LogP contribution is 2.31. The smallest absolute Gasteiger partial charge is 0.258 e. The summed E-state index contributed by atoms with van der Waals surface area (Å²) in [7, 11) is 0.763. The van der Waals surface area contributed by atoms with Gasteiger partial charge in [-0.3, -0.25) is 20.2 Å². The van der Waals surface area contributed by atoms with Crippen LogP contribution >= 0.6 is 22.5 Å². The number of aromatic nitrogens is 1. The molecule has 0 radical (unpaired) electrons. The van der Waals surface area contributed by atoms with E-state index in [-0.39, 0.29) is 5.03 Å². The molecule has 0 N–H and O–H groups in total. The lowest BCUT2D eigenvalue weighted by molar-refractivity contribution is -0.396. The summed E-state index contributed by atoms with van der Waals surface area (Å²) in [6.07, 6.45) is 0.950. The van der Waals surface area contributed by atoms with Gasteiger partial charge in [-0.15, -0.1) is 11.7 Å². The molecule has 9 heteroatoms. The molecule has 1 rings (SSSR count). The molecule has 0 spiro atoms. The van der Waals surface area contributed by atoms with E-state index in [2.05, 4.69) is 16.6 Å². The molecule has 0 fully saturated rings. The van der Waals surface area contributed by atoms with Crippen molar-refractivity contribution < 1.29 is 9.85 Å². The second-order valence-electron chi connectivity index (χ2n) is 2.12. The maximum absolute atomic E-state index is 10.5. The predicted octanol–water partition coefficient (Wildman–Crippen LogP) is 1.83. The Morgan fingerprint density at radius 2 is 2.00 bits per heavy atom. The van der Waals surface area contributed by atoms with Crippen molar-refractivity contribution in [2.24, 2.45) is 0 Å². The molecule has 14 heavy (non-hydrogen) atoms. The first-order chi connectivity index (χ1) is 6.56. The molecule has 0 aromatic carbocycles. The van der Waals surface area contributed by atoms with E-state index in [0.717, 1.165) is 23.1 Å². The Labute approximate surface area is 86.6 Å². The molecule has 0 aliphatic rings. The molecule has 0 aliphatic carbocycles. The Morgan fingerprint density at radius 1 is 1.36 bits per heavy atom.